The van der Waals surface area contributed by atoms with Crippen LogP contribution < -0.4 is 30.9 Å². The van der Waals surface area contributed by atoms with Gasteiger partial charge in [0.05, 0.1) is 99.0 Å². The number of nitrogens with one attached hydrogen (secondary N) is 3. The summed E-state index contributed by atoms with van der Waals surface area (Å²) in [6, 6.07) is 40.6. The number of fused-ring (bicyclic) bond motifs is 4. The lowest BCUT2D eigenvalue weighted by atomic mass is 9.89. The molecule has 2 aromatic heterocycles. The van der Waals surface area contributed by atoms with Crippen LogP contribution in [-0.4, -0.2) is 186 Å². The Labute approximate surface area is 600 Å². The highest BCUT2D eigenvalue weighted by Gasteiger charge is 2.48. The van der Waals surface area contributed by atoms with Crippen molar-refractivity contribution in [2.75, 3.05) is 85.5 Å². The third-order valence-electron chi connectivity index (χ3n) is 17.8. The van der Waals surface area contributed by atoms with Gasteiger partial charge in [0.15, 0.2) is 5.43 Å². The van der Waals surface area contributed by atoms with Crippen LogP contribution in [0.1, 0.15) is 54.3 Å². The van der Waals surface area contributed by atoms with E-state index in [0.29, 0.717) is 60.9 Å². The molecule has 0 radical (unpaired) electrons. The number of aromatic nitrogens is 2. The Morgan fingerprint density at radius 3 is 1.57 bits per heavy atom. The smallest absolute Gasteiger partial charge is 0.336 e. The summed E-state index contributed by atoms with van der Waals surface area (Å²) < 4.78 is 85.8. The Bertz CT molecular complexity index is 4980. The van der Waals surface area contributed by atoms with Crippen molar-refractivity contribution >= 4 is 74.2 Å². The normalized spacial score (nSPS) is 15.0. The van der Waals surface area contributed by atoms with Crippen LogP contribution in [0.3, 0.4) is 0 Å². The van der Waals surface area contributed by atoms with Gasteiger partial charge in [0.1, 0.15) is 53.9 Å². The van der Waals surface area contributed by atoms with Gasteiger partial charge in [-0.25, -0.2) is 22.4 Å². The number of carbonyl (C=O) groups excluding carboxylic acids is 6. The molecule has 3 aliphatic heterocycles. The van der Waals surface area contributed by atoms with E-state index in [4.69, 9.17) is 23.4 Å². The van der Waals surface area contributed by atoms with E-state index in [0.717, 1.165) is 20.9 Å². The van der Waals surface area contributed by atoms with Gasteiger partial charge in [-0.05, 0) is 131 Å². The van der Waals surface area contributed by atoms with E-state index in [1.807, 2.05) is 12.1 Å². The second-order valence-corrected chi connectivity index (χ2v) is 24.9. The molecule has 8 aromatic rings. The minimum Gasteiger partial charge on any atom is -0.508 e. The van der Waals surface area contributed by atoms with Crippen molar-refractivity contribution in [3.63, 3.8) is 0 Å². The van der Waals surface area contributed by atoms with Gasteiger partial charge < -0.3 is 64.2 Å². The Hall–Kier alpha value is -12.9. The van der Waals surface area contributed by atoms with Gasteiger partial charge in [0, 0.05) is 83.3 Å². The highest BCUT2D eigenvalue weighted by molar-refractivity contribution is 6.11. The van der Waals surface area contributed by atoms with Crippen LogP contribution in [-0.2, 0) is 23.9 Å². The van der Waals surface area contributed by atoms with Gasteiger partial charge in [-0.15, -0.1) is 0 Å². The number of phenolic OH excluding ortho intramolecular Hbond substituents is 1. The molecular formula is C77H64F4N10O15. The molecule has 0 spiro atoms. The van der Waals surface area contributed by atoms with Crippen LogP contribution in [0.2, 0.25) is 0 Å². The molecule has 6 amide bonds. The topological polar surface area (TPSA) is 346 Å². The second kappa shape index (κ2) is 31.8. The number of carboxylic acid groups (broad SMARTS) is 1. The van der Waals surface area contributed by atoms with Gasteiger partial charge in [0.2, 0.25) is 17.7 Å². The monoisotopic (exact) mass is 1440 g/mol. The molecule has 0 bridgehead atoms. The molecule has 2 saturated heterocycles. The summed E-state index contributed by atoms with van der Waals surface area (Å²) in [7, 11) is 0. The van der Waals surface area contributed by atoms with Gasteiger partial charge in [-0.2, -0.15) is 10.5 Å². The van der Waals surface area contributed by atoms with Crippen LogP contribution in [0.5, 0.6) is 17.2 Å². The van der Waals surface area contributed by atoms with Crippen LogP contribution >= 0.6 is 0 Å². The Kier molecular flexibility index (Phi) is 21.9. The van der Waals surface area contributed by atoms with E-state index in [9.17, 15) is 76.7 Å². The zero-order valence-electron chi connectivity index (χ0n) is 56.2. The minimum absolute atomic E-state index is 0.00603. The minimum atomic E-state index is -3.21. The molecule has 25 nitrogen and oxygen atoms in total. The number of alkyl halides is 4. The van der Waals surface area contributed by atoms with Crippen molar-refractivity contribution in [3.8, 4) is 74.1 Å². The number of aromatic hydroxyl groups is 1. The lowest BCUT2D eigenvalue weighted by Crippen LogP contribution is -2.43. The summed E-state index contributed by atoms with van der Waals surface area (Å²) in [6.07, 6.45) is 1.30. The SMILES string of the molecule is N#C[C@@H]1CC(F)(F)CN1C(=O)CNC(=O)c1ccnc2ccc(-c3ccc(OCCOCCN(CCOCCOc4ccc(-c5ccc6nccc(C(=O)NCC(=O)N7CC(F)(F)C[C@H]7C#N)c6c5)cc4)C(=O)CNC(=O)c4ccc(C(=O)O)c(-c5c6ccc(=O)cc-6oc6cc(O)ccc56)c4)cc3)cc12. The van der Waals surface area contributed by atoms with E-state index in [1.165, 1.54) is 84.0 Å². The largest absolute Gasteiger partial charge is 0.508 e. The number of carbonyl (C=O) groups is 7. The quantitative estimate of drug-likeness (QED) is 0.0182. The summed E-state index contributed by atoms with van der Waals surface area (Å²) in [6.45, 7) is -3.03. The predicted molar refractivity (Wildman–Crippen MR) is 375 cm³/mol. The van der Waals surface area contributed by atoms with Gasteiger partial charge in [0.25, 0.3) is 29.6 Å². The molecule has 6 aromatic carbocycles. The number of aromatic carboxylic acids is 1. The lowest BCUT2D eigenvalue weighted by molar-refractivity contribution is -0.132. The van der Waals surface area contributed by atoms with E-state index >= 15 is 0 Å². The van der Waals surface area contributed by atoms with E-state index < -0.39 is 111 Å². The standard InChI is InChI=1S/C77H64F4N10O15/c78-76(79)36-50(38-82)90(43-76)69(95)41-87-73(98)56-19-21-84-64-17-6-47(31-61(56)64)45-1-10-54(11-2-45)104-29-27-102-25-23-89(68(94)40-86-72(97)49-5-14-58(75(100)101)63(33-49)71-59-15-8-52(92)34-66(59)106-67-35-53(93)9-16-60(67)71)24-26-103-28-30-105-55-12-3-46(4-13-55)48-7-18-65-62(32-48)57(20-22-85-65)74(99)88-42-70(96)91-44-77(80,81)37-51(91)39-83/h1-22,31-35,50-51,92H,23-30,36-37,40-44H2,(H,86,97)(H,87,98)(H,88,99)(H,100,101)/t50-,51-/m0/s1. The van der Waals surface area contributed by atoms with Gasteiger partial charge >= 0.3 is 5.97 Å². The van der Waals surface area contributed by atoms with Crippen molar-refractivity contribution in [1.82, 2.24) is 40.6 Å². The number of amides is 6. The number of halogens is 4. The first-order valence-corrected chi connectivity index (χ1v) is 33.3. The molecule has 106 heavy (non-hydrogen) atoms. The first-order chi connectivity index (χ1) is 51.0. The fraction of sp³-hybridized carbons (Fsp3) is 0.247. The Balaban J connectivity index is 0.659. The summed E-state index contributed by atoms with van der Waals surface area (Å²) >= 11 is 0. The van der Waals surface area contributed by atoms with Crippen molar-refractivity contribution in [2.45, 2.75) is 36.8 Å². The Morgan fingerprint density at radius 2 is 1.06 bits per heavy atom. The lowest BCUT2D eigenvalue weighted by Gasteiger charge is -2.23. The number of hydrogen-bond donors (Lipinski definition) is 5. The third kappa shape index (κ3) is 16.9. The van der Waals surface area contributed by atoms with Crippen molar-refractivity contribution < 1.29 is 84.7 Å². The molecule has 540 valence electrons. The van der Waals surface area contributed by atoms with E-state index in [1.54, 1.807) is 84.9 Å². The molecule has 29 heteroatoms. The fourth-order valence-electron chi connectivity index (χ4n) is 12.6. The number of hydrogen-bond acceptors (Lipinski definition) is 18. The third-order valence-corrected chi connectivity index (χ3v) is 17.8. The molecule has 5 N–H and O–H groups in total. The first kappa shape index (κ1) is 72.9. The maximum Gasteiger partial charge on any atom is 0.336 e. The highest BCUT2D eigenvalue weighted by Crippen LogP contribution is 2.43. The second-order valence-electron chi connectivity index (χ2n) is 24.9. The maximum absolute atomic E-state index is 14.1. The molecule has 1 aliphatic carbocycles. The number of ether oxygens (including phenoxy) is 4. The average Bonchev–Trinajstić information content (AvgIpc) is 1.39. The van der Waals surface area contributed by atoms with Crippen LogP contribution in [0.4, 0.5) is 17.6 Å². The highest BCUT2D eigenvalue weighted by atomic mass is 19.3. The van der Waals surface area contributed by atoms with E-state index in [-0.39, 0.29) is 103 Å². The van der Waals surface area contributed by atoms with E-state index in [2.05, 4.69) is 25.9 Å². The van der Waals surface area contributed by atoms with Gasteiger partial charge in [-0.1, -0.05) is 36.4 Å². The number of phenols is 1. The first-order valence-electron chi connectivity index (χ1n) is 33.3. The van der Waals surface area contributed by atoms with Crippen molar-refractivity contribution in [2.24, 2.45) is 0 Å². The molecular weight excluding hydrogens is 1380 g/mol. The molecule has 0 saturated carbocycles. The number of benzene rings is 7. The van der Waals surface area contributed by atoms with Crippen LogP contribution in [0.15, 0.2) is 173 Å². The van der Waals surface area contributed by atoms with Crippen molar-refractivity contribution in [3.05, 3.63) is 197 Å². The summed E-state index contributed by atoms with van der Waals surface area (Å²) in [5.74, 6) is -11.0. The zero-order valence-corrected chi connectivity index (χ0v) is 56.2. The molecule has 2 fully saturated rings. The number of carboxylic acids is 1. The summed E-state index contributed by atoms with van der Waals surface area (Å²) in [4.78, 5) is 117. The number of likely N-dealkylation sites (tertiary alicyclic amines) is 2. The molecule has 12 rings (SSSR count). The molecule has 0 unspecified atom stereocenters. The van der Waals surface area contributed by atoms with Crippen LogP contribution in [0, 0.1) is 22.7 Å². The zero-order chi connectivity index (χ0) is 74.8. The predicted octanol–water partition coefficient (Wildman–Crippen LogP) is 9.13. The fourth-order valence-corrected chi connectivity index (χ4v) is 12.6. The van der Waals surface area contributed by atoms with Crippen molar-refractivity contribution in [1.29, 1.82) is 10.5 Å². The molecule has 5 heterocycles. The summed E-state index contributed by atoms with van der Waals surface area (Å²) in [5.41, 5.74) is 4.56. The number of pyridine rings is 2. The van der Waals surface area contributed by atoms with Gasteiger partial charge in [-0.3, -0.25) is 43.5 Å². The summed E-state index contributed by atoms with van der Waals surface area (Å²) in [5, 5.41) is 48.3. The maximum atomic E-state index is 14.1. The molecule has 2 atom stereocenters. The number of rotatable bonds is 27. The molecule has 4 aliphatic rings. The number of nitrogens with zero attached hydrogens (tertiary/aromatic N) is 7. The Morgan fingerprint density at radius 1 is 0.547 bits per heavy atom. The van der Waals surface area contributed by atoms with Crippen LogP contribution in [0.25, 0.3) is 77.5 Å². The average molecular weight is 1450 g/mol. The number of nitriles is 2.